The molecule has 0 unspecified atom stereocenters. The summed E-state index contributed by atoms with van der Waals surface area (Å²) in [6.07, 6.45) is 3.50. The zero-order chi connectivity index (χ0) is 8.83. The summed E-state index contributed by atoms with van der Waals surface area (Å²) in [6.45, 7) is 10.2. The molecule has 0 fully saturated rings. The number of allylic oxidation sites excluding steroid dienone is 2. The van der Waals surface area contributed by atoms with E-state index in [1.54, 1.807) is 12.2 Å². The molecule has 0 bridgehead atoms. The van der Waals surface area contributed by atoms with Crippen molar-refractivity contribution in [2.45, 2.75) is 13.8 Å². The molecule has 0 rings (SSSR count). The third-order valence-corrected chi connectivity index (χ3v) is 0.1000. The minimum atomic E-state index is -0.125. The van der Waals surface area contributed by atoms with E-state index in [1.165, 1.54) is 0 Å². The Balaban J connectivity index is -0.0000000325. The van der Waals surface area contributed by atoms with Crippen molar-refractivity contribution in [1.82, 2.24) is 0 Å². The summed E-state index contributed by atoms with van der Waals surface area (Å²) in [7, 11) is 0. The third kappa shape index (κ3) is 374. The summed E-state index contributed by atoms with van der Waals surface area (Å²) in [5, 5.41) is 15.2. The van der Waals surface area contributed by atoms with Gasteiger partial charge >= 0.3 is 29.6 Å². The molecule has 0 aliphatic heterocycles. The fourth-order valence-electron chi connectivity index (χ4n) is 0. The summed E-state index contributed by atoms with van der Waals surface area (Å²) in [5.41, 5.74) is 0. The number of aliphatic hydroxyl groups is 2. The number of aliphatic hydroxyl groups excluding tert-OH is 2. The quantitative estimate of drug-likeness (QED) is 0.449. The van der Waals surface area contributed by atoms with Crippen molar-refractivity contribution in [3.8, 4) is 0 Å². The van der Waals surface area contributed by atoms with Crippen LogP contribution < -0.4 is 0 Å². The fraction of sp³-hybridized carbons (Fsp3) is 0.500. The van der Waals surface area contributed by atoms with Gasteiger partial charge in [-0.1, -0.05) is 12.2 Å². The van der Waals surface area contributed by atoms with E-state index in [1.807, 2.05) is 13.8 Å². The Kier molecular flexibility index (Phi) is 97.2. The second-order valence-electron chi connectivity index (χ2n) is 1.26. The summed E-state index contributed by atoms with van der Waals surface area (Å²) < 4.78 is 0. The van der Waals surface area contributed by atoms with E-state index in [-0.39, 0.29) is 42.8 Å². The molecule has 0 radical (unpaired) electrons. The Morgan fingerprint density at radius 1 is 1.00 bits per heavy atom. The molecule has 0 aliphatic carbocycles. The van der Waals surface area contributed by atoms with Crippen LogP contribution in [0, 0.1) is 0 Å². The third-order valence-electron chi connectivity index (χ3n) is 0.1000. The predicted octanol–water partition coefficient (Wildman–Crippen LogP) is 0.707. The van der Waals surface area contributed by atoms with E-state index in [2.05, 4.69) is 13.2 Å². The minimum absolute atomic E-state index is 0. The Labute approximate surface area is 91.9 Å². The topological polar surface area (TPSA) is 40.5 Å². The van der Waals surface area contributed by atoms with Gasteiger partial charge in [-0.05, 0) is 13.8 Å². The van der Waals surface area contributed by atoms with E-state index >= 15 is 0 Å². The zero-order valence-electron chi connectivity index (χ0n) is 6.88. The van der Waals surface area contributed by atoms with Crippen LogP contribution in [0.15, 0.2) is 25.3 Å². The van der Waals surface area contributed by atoms with Crippen LogP contribution in [0.5, 0.6) is 0 Å². The molecule has 0 heterocycles. The standard InChI is InChI=1S/2C3H6.C2H6O2.Na.H/c2*1-3-2;3-1-2-4;;/h2*3H,1H2,2H3;3-4H,1-2H2;;. The van der Waals surface area contributed by atoms with Crippen LogP contribution in [0.3, 0.4) is 0 Å². The molecule has 0 aromatic carbocycles. The molecule has 0 aromatic rings. The van der Waals surface area contributed by atoms with Gasteiger partial charge in [-0.2, -0.15) is 0 Å². The average Bonchev–Trinajstić information content (AvgIpc) is 1.91. The van der Waals surface area contributed by atoms with E-state index < -0.39 is 0 Å². The molecular formula is C8H19NaO2. The van der Waals surface area contributed by atoms with Crippen molar-refractivity contribution in [2.75, 3.05) is 13.2 Å². The van der Waals surface area contributed by atoms with Crippen LogP contribution in [0.2, 0.25) is 0 Å². The van der Waals surface area contributed by atoms with Gasteiger partial charge in [0.1, 0.15) is 0 Å². The molecular weight excluding hydrogens is 151 g/mol. The Morgan fingerprint density at radius 3 is 1.09 bits per heavy atom. The summed E-state index contributed by atoms with van der Waals surface area (Å²) in [4.78, 5) is 0. The molecule has 3 heteroatoms. The second kappa shape index (κ2) is 47.5. The van der Waals surface area contributed by atoms with E-state index in [9.17, 15) is 0 Å². The Morgan fingerprint density at radius 2 is 1.09 bits per heavy atom. The monoisotopic (exact) mass is 170 g/mol. The first-order valence-corrected chi connectivity index (χ1v) is 3.10. The van der Waals surface area contributed by atoms with Gasteiger partial charge in [0, 0.05) is 0 Å². The van der Waals surface area contributed by atoms with Crippen LogP contribution in [0.4, 0.5) is 0 Å². The van der Waals surface area contributed by atoms with E-state index in [4.69, 9.17) is 10.2 Å². The first-order valence-electron chi connectivity index (χ1n) is 3.10. The Bertz CT molecular complexity index is 48.1. The molecule has 0 aliphatic rings. The maximum absolute atomic E-state index is 7.62. The zero-order valence-corrected chi connectivity index (χ0v) is 6.88. The Hall–Kier alpha value is 0.400. The second-order valence-corrected chi connectivity index (χ2v) is 1.26. The molecule has 2 nitrogen and oxygen atoms in total. The normalized spacial score (nSPS) is 5.09. The molecule has 0 atom stereocenters. The van der Waals surface area contributed by atoms with Gasteiger partial charge in [-0.15, -0.1) is 13.2 Å². The van der Waals surface area contributed by atoms with Gasteiger partial charge in [0.05, 0.1) is 13.2 Å². The molecule has 11 heavy (non-hydrogen) atoms. The molecule has 0 spiro atoms. The van der Waals surface area contributed by atoms with Crippen molar-refractivity contribution in [3.63, 3.8) is 0 Å². The van der Waals surface area contributed by atoms with E-state index in [0.29, 0.717) is 0 Å². The summed E-state index contributed by atoms with van der Waals surface area (Å²) in [6, 6.07) is 0. The molecule has 2 N–H and O–H groups in total. The van der Waals surface area contributed by atoms with E-state index in [0.717, 1.165) is 0 Å². The van der Waals surface area contributed by atoms with Crippen LogP contribution >= 0.6 is 0 Å². The van der Waals surface area contributed by atoms with Gasteiger partial charge < -0.3 is 10.2 Å². The number of rotatable bonds is 1. The van der Waals surface area contributed by atoms with Gasteiger partial charge in [-0.3, -0.25) is 0 Å². The SMILES string of the molecule is C=CC.C=CC.OCCO.[NaH]. The van der Waals surface area contributed by atoms with Crippen molar-refractivity contribution < 1.29 is 10.2 Å². The average molecular weight is 170 g/mol. The molecule has 0 saturated carbocycles. The molecule has 0 amide bonds. The van der Waals surface area contributed by atoms with Crippen molar-refractivity contribution in [1.29, 1.82) is 0 Å². The van der Waals surface area contributed by atoms with Crippen LogP contribution in [-0.2, 0) is 0 Å². The van der Waals surface area contributed by atoms with Gasteiger partial charge in [-0.25, -0.2) is 0 Å². The van der Waals surface area contributed by atoms with Crippen molar-refractivity contribution in [2.24, 2.45) is 0 Å². The van der Waals surface area contributed by atoms with Crippen LogP contribution in [0.1, 0.15) is 13.8 Å². The molecule has 64 valence electrons. The van der Waals surface area contributed by atoms with Crippen molar-refractivity contribution in [3.05, 3.63) is 25.3 Å². The molecule has 0 aromatic heterocycles. The van der Waals surface area contributed by atoms with Crippen LogP contribution in [0.25, 0.3) is 0 Å². The van der Waals surface area contributed by atoms with Crippen LogP contribution in [-0.4, -0.2) is 53.0 Å². The number of hydrogen-bond donors (Lipinski definition) is 2. The van der Waals surface area contributed by atoms with Gasteiger partial charge in [0.15, 0.2) is 0 Å². The summed E-state index contributed by atoms with van der Waals surface area (Å²) >= 11 is 0. The first kappa shape index (κ1) is 22.5. The predicted molar refractivity (Wildman–Crippen MR) is 53.1 cm³/mol. The van der Waals surface area contributed by atoms with Gasteiger partial charge in [0.2, 0.25) is 0 Å². The van der Waals surface area contributed by atoms with Crippen molar-refractivity contribution >= 4 is 29.6 Å². The maximum atomic E-state index is 7.62. The first-order chi connectivity index (χ1) is 4.74. The summed E-state index contributed by atoms with van der Waals surface area (Å²) in [5.74, 6) is 0. The molecule has 0 saturated heterocycles. The van der Waals surface area contributed by atoms with Gasteiger partial charge in [0.25, 0.3) is 0 Å². The fourth-order valence-corrected chi connectivity index (χ4v) is 0. The number of hydrogen-bond acceptors (Lipinski definition) is 2.